The monoisotopic (exact) mass is 158 g/mol. The maximum atomic E-state index is 9.40. The number of nitrogens with two attached hydrogens (primary N) is 1. The number of rotatable bonds is 3. The van der Waals surface area contributed by atoms with Gasteiger partial charge in [-0.05, 0) is 19.4 Å². The molecule has 1 saturated heterocycles. The summed E-state index contributed by atoms with van der Waals surface area (Å²) in [6.07, 6.45) is 0. The Morgan fingerprint density at radius 3 is 2.55 bits per heavy atom. The highest BCUT2D eigenvalue weighted by Crippen LogP contribution is 2.20. The molecule has 0 aromatic rings. The number of aliphatic hydroxyl groups is 1. The molecule has 0 aromatic carbocycles. The van der Waals surface area contributed by atoms with Crippen LogP contribution >= 0.6 is 0 Å². The molecule has 1 atom stereocenters. The molecule has 11 heavy (non-hydrogen) atoms. The number of hydrogen-bond donors (Lipinski definition) is 2. The average Bonchev–Trinajstić information content (AvgIpc) is 1.83. The Bertz CT molecular complexity index is 128. The molecule has 1 rings (SSSR count). The second kappa shape index (κ2) is 3.09. The van der Waals surface area contributed by atoms with E-state index in [9.17, 15) is 5.11 Å². The molecule has 0 radical (unpaired) electrons. The van der Waals surface area contributed by atoms with Crippen LogP contribution in [0, 0.1) is 5.92 Å². The Labute approximate surface area is 68.2 Å². The molecule has 1 heterocycles. The molecule has 1 fully saturated rings. The van der Waals surface area contributed by atoms with E-state index in [1.807, 2.05) is 6.92 Å². The zero-order valence-corrected chi connectivity index (χ0v) is 7.38. The Hall–Kier alpha value is -0.120. The third-order valence-electron chi connectivity index (χ3n) is 2.10. The fraction of sp³-hybridized carbons (Fsp3) is 1.00. The van der Waals surface area contributed by atoms with Gasteiger partial charge in [0.25, 0.3) is 0 Å². The van der Waals surface area contributed by atoms with Gasteiger partial charge in [0.15, 0.2) is 0 Å². The molecule has 0 aromatic heterocycles. The first-order valence-electron chi connectivity index (χ1n) is 4.18. The van der Waals surface area contributed by atoms with Crippen molar-refractivity contribution in [2.24, 2.45) is 11.7 Å². The van der Waals surface area contributed by atoms with Crippen molar-refractivity contribution in [1.29, 1.82) is 0 Å². The number of nitrogens with zero attached hydrogens (tertiary/aromatic N) is 1. The minimum Gasteiger partial charge on any atom is -0.388 e. The first kappa shape index (κ1) is 8.97. The van der Waals surface area contributed by atoms with E-state index in [4.69, 9.17) is 5.73 Å². The van der Waals surface area contributed by atoms with Crippen LogP contribution in [0.1, 0.15) is 13.8 Å². The normalized spacial score (nSPS) is 26.2. The minimum atomic E-state index is -0.436. The molecule has 0 bridgehead atoms. The van der Waals surface area contributed by atoms with Gasteiger partial charge in [0.1, 0.15) is 0 Å². The molecule has 1 aliphatic heterocycles. The van der Waals surface area contributed by atoms with Crippen LogP contribution in [0.2, 0.25) is 0 Å². The molecule has 3 nitrogen and oxygen atoms in total. The predicted molar refractivity (Wildman–Crippen MR) is 45.3 cm³/mol. The van der Waals surface area contributed by atoms with Crippen molar-refractivity contribution >= 4 is 0 Å². The smallest absolute Gasteiger partial charge is 0.0872 e. The SMILES string of the molecule is CC(CN)CN1CC(C)(O)C1. The summed E-state index contributed by atoms with van der Waals surface area (Å²) in [7, 11) is 0. The molecule has 0 aliphatic carbocycles. The van der Waals surface area contributed by atoms with Gasteiger partial charge in [0, 0.05) is 19.6 Å². The fourth-order valence-corrected chi connectivity index (χ4v) is 1.56. The topological polar surface area (TPSA) is 49.5 Å². The van der Waals surface area contributed by atoms with Crippen molar-refractivity contribution in [2.45, 2.75) is 19.4 Å². The summed E-state index contributed by atoms with van der Waals surface area (Å²) in [6, 6.07) is 0. The van der Waals surface area contributed by atoms with Crippen molar-refractivity contribution in [3.8, 4) is 0 Å². The molecule has 66 valence electrons. The van der Waals surface area contributed by atoms with Gasteiger partial charge in [-0.2, -0.15) is 0 Å². The predicted octanol–water partition coefficient (Wildman–Crippen LogP) is -0.352. The Kier molecular flexibility index (Phi) is 2.52. The molecule has 3 N–H and O–H groups in total. The number of hydrogen-bond acceptors (Lipinski definition) is 3. The van der Waals surface area contributed by atoms with Crippen molar-refractivity contribution < 1.29 is 5.11 Å². The summed E-state index contributed by atoms with van der Waals surface area (Å²) in [5, 5.41) is 9.40. The van der Waals surface area contributed by atoms with Crippen molar-refractivity contribution in [1.82, 2.24) is 4.90 Å². The zero-order valence-electron chi connectivity index (χ0n) is 7.38. The number of β-amino-alcohol motifs (C(OH)–C–C–N with tert-alkyl or cyclic N) is 1. The quantitative estimate of drug-likeness (QED) is 0.590. The van der Waals surface area contributed by atoms with E-state index in [2.05, 4.69) is 11.8 Å². The van der Waals surface area contributed by atoms with Crippen LogP contribution in [0.25, 0.3) is 0 Å². The second-order valence-electron chi connectivity index (χ2n) is 4.01. The second-order valence-corrected chi connectivity index (χ2v) is 4.01. The van der Waals surface area contributed by atoms with Gasteiger partial charge in [0.2, 0.25) is 0 Å². The molecular weight excluding hydrogens is 140 g/mol. The van der Waals surface area contributed by atoms with E-state index in [0.29, 0.717) is 5.92 Å². The van der Waals surface area contributed by atoms with Crippen LogP contribution in [-0.4, -0.2) is 41.8 Å². The van der Waals surface area contributed by atoms with Crippen LogP contribution in [0.5, 0.6) is 0 Å². The fourth-order valence-electron chi connectivity index (χ4n) is 1.56. The lowest BCUT2D eigenvalue weighted by Crippen LogP contribution is -2.60. The minimum absolute atomic E-state index is 0.436. The van der Waals surface area contributed by atoms with E-state index in [1.165, 1.54) is 0 Å². The van der Waals surface area contributed by atoms with Gasteiger partial charge in [-0.25, -0.2) is 0 Å². The Morgan fingerprint density at radius 2 is 2.18 bits per heavy atom. The zero-order chi connectivity index (χ0) is 8.48. The first-order chi connectivity index (χ1) is 5.03. The summed E-state index contributed by atoms with van der Waals surface area (Å²) in [5.74, 6) is 0.547. The molecule has 0 amide bonds. The Balaban J connectivity index is 2.13. The summed E-state index contributed by atoms with van der Waals surface area (Å²) in [6.45, 7) is 7.36. The molecule has 0 saturated carbocycles. The van der Waals surface area contributed by atoms with Gasteiger partial charge >= 0.3 is 0 Å². The van der Waals surface area contributed by atoms with E-state index in [-0.39, 0.29) is 0 Å². The van der Waals surface area contributed by atoms with Crippen LogP contribution in [-0.2, 0) is 0 Å². The molecule has 1 aliphatic rings. The highest BCUT2D eigenvalue weighted by molar-refractivity contribution is 4.91. The van der Waals surface area contributed by atoms with Gasteiger partial charge in [-0.3, -0.25) is 4.90 Å². The van der Waals surface area contributed by atoms with E-state index in [0.717, 1.165) is 26.2 Å². The maximum absolute atomic E-state index is 9.40. The van der Waals surface area contributed by atoms with E-state index in [1.54, 1.807) is 0 Å². The standard InChI is InChI=1S/C8H18N2O/c1-7(3-9)4-10-5-8(2,11)6-10/h7,11H,3-6,9H2,1-2H3. The van der Waals surface area contributed by atoms with E-state index < -0.39 is 5.60 Å². The maximum Gasteiger partial charge on any atom is 0.0872 e. The van der Waals surface area contributed by atoms with Gasteiger partial charge < -0.3 is 10.8 Å². The molecule has 3 heteroatoms. The first-order valence-corrected chi connectivity index (χ1v) is 4.18. The van der Waals surface area contributed by atoms with Crippen LogP contribution in [0.15, 0.2) is 0 Å². The van der Waals surface area contributed by atoms with Crippen LogP contribution < -0.4 is 5.73 Å². The molecule has 1 unspecified atom stereocenters. The third kappa shape index (κ3) is 2.43. The lowest BCUT2D eigenvalue weighted by Gasteiger charge is -2.45. The molecule has 0 spiro atoms. The summed E-state index contributed by atoms with van der Waals surface area (Å²) in [5.41, 5.74) is 5.04. The van der Waals surface area contributed by atoms with E-state index >= 15 is 0 Å². The largest absolute Gasteiger partial charge is 0.388 e. The number of likely N-dealkylation sites (tertiary alicyclic amines) is 1. The van der Waals surface area contributed by atoms with Gasteiger partial charge in [0.05, 0.1) is 5.60 Å². The van der Waals surface area contributed by atoms with Crippen molar-refractivity contribution in [3.63, 3.8) is 0 Å². The van der Waals surface area contributed by atoms with Gasteiger partial charge in [-0.1, -0.05) is 6.92 Å². The average molecular weight is 158 g/mol. The van der Waals surface area contributed by atoms with Crippen molar-refractivity contribution in [2.75, 3.05) is 26.2 Å². The lowest BCUT2D eigenvalue weighted by atomic mass is 9.95. The summed E-state index contributed by atoms with van der Waals surface area (Å²) < 4.78 is 0. The molecular formula is C8H18N2O. The third-order valence-corrected chi connectivity index (χ3v) is 2.10. The summed E-state index contributed by atoms with van der Waals surface area (Å²) >= 11 is 0. The van der Waals surface area contributed by atoms with Crippen molar-refractivity contribution in [3.05, 3.63) is 0 Å². The Morgan fingerprint density at radius 1 is 1.64 bits per heavy atom. The lowest BCUT2D eigenvalue weighted by molar-refractivity contribution is -0.0871. The summed E-state index contributed by atoms with van der Waals surface area (Å²) in [4.78, 5) is 2.23. The van der Waals surface area contributed by atoms with Gasteiger partial charge in [-0.15, -0.1) is 0 Å². The van der Waals surface area contributed by atoms with Crippen LogP contribution in [0.4, 0.5) is 0 Å². The highest BCUT2D eigenvalue weighted by atomic mass is 16.3. The van der Waals surface area contributed by atoms with Crippen LogP contribution in [0.3, 0.4) is 0 Å². The highest BCUT2D eigenvalue weighted by Gasteiger charge is 2.36.